The summed E-state index contributed by atoms with van der Waals surface area (Å²) < 4.78 is 16.3. The normalized spacial score (nSPS) is 32.8. The highest BCUT2D eigenvalue weighted by Crippen LogP contribution is 2.67. The Morgan fingerprint density at radius 1 is 0.870 bits per heavy atom. The van der Waals surface area contributed by atoms with Gasteiger partial charge in [0, 0.05) is 17.3 Å². The fourth-order valence-electron chi connectivity index (χ4n) is 3.98. The van der Waals surface area contributed by atoms with Gasteiger partial charge in [0.25, 0.3) is 0 Å². The van der Waals surface area contributed by atoms with E-state index in [1.54, 1.807) is 0 Å². The van der Waals surface area contributed by atoms with Crippen LogP contribution in [0.1, 0.15) is 11.6 Å². The first-order valence-electron chi connectivity index (χ1n) is 8.01. The van der Waals surface area contributed by atoms with Crippen LogP contribution >= 0.6 is 7.29 Å². The van der Waals surface area contributed by atoms with E-state index >= 15 is 0 Å². The molecule has 1 aliphatic carbocycles. The van der Waals surface area contributed by atoms with Crippen molar-refractivity contribution in [1.29, 1.82) is 0 Å². The van der Waals surface area contributed by atoms with Crippen LogP contribution in [0, 0.1) is 5.92 Å². The summed E-state index contributed by atoms with van der Waals surface area (Å²) in [6.07, 6.45) is 8.49. The van der Waals surface area contributed by atoms with E-state index in [1.165, 1.54) is 5.56 Å². The Morgan fingerprint density at radius 2 is 1.48 bits per heavy atom. The van der Waals surface area contributed by atoms with E-state index in [4.69, 9.17) is 0 Å². The Labute approximate surface area is 137 Å². The zero-order valence-electron chi connectivity index (χ0n) is 13.1. The topological polar surface area (TPSA) is 20.3 Å². The van der Waals surface area contributed by atoms with Gasteiger partial charge in [-0.2, -0.15) is 0 Å². The molecule has 1 fully saturated rings. The first-order chi connectivity index (χ1) is 11.2. The van der Waals surface area contributed by atoms with E-state index in [0.29, 0.717) is 0 Å². The molecular formula is C20H20NOP. The molecule has 3 heteroatoms. The van der Waals surface area contributed by atoms with Crippen LogP contribution in [0.3, 0.4) is 0 Å². The van der Waals surface area contributed by atoms with Gasteiger partial charge in [-0.05, 0) is 12.6 Å². The molecule has 1 aliphatic heterocycles. The van der Waals surface area contributed by atoms with Crippen LogP contribution < -0.4 is 5.30 Å². The van der Waals surface area contributed by atoms with Crippen LogP contribution in [0.25, 0.3) is 0 Å². The van der Waals surface area contributed by atoms with Gasteiger partial charge in [0.1, 0.15) is 0 Å². The van der Waals surface area contributed by atoms with E-state index in [1.807, 2.05) is 49.5 Å². The maximum atomic E-state index is 14.1. The summed E-state index contributed by atoms with van der Waals surface area (Å²) in [6, 6.07) is 20.5. The highest BCUT2D eigenvalue weighted by Gasteiger charge is 2.54. The van der Waals surface area contributed by atoms with Gasteiger partial charge in [0.2, 0.25) is 0 Å². The van der Waals surface area contributed by atoms with Crippen molar-refractivity contribution in [3.8, 4) is 0 Å². The Hall–Kier alpha value is -1.89. The second-order valence-electron chi connectivity index (χ2n) is 6.23. The van der Waals surface area contributed by atoms with E-state index in [0.717, 1.165) is 5.30 Å². The third-order valence-corrected chi connectivity index (χ3v) is 8.60. The van der Waals surface area contributed by atoms with Crippen LogP contribution in [-0.4, -0.2) is 17.4 Å². The average Bonchev–Trinajstić information content (AvgIpc) is 2.86. The van der Waals surface area contributed by atoms with Gasteiger partial charge in [-0.3, -0.25) is 0 Å². The van der Waals surface area contributed by atoms with Gasteiger partial charge in [-0.1, -0.05) is 85.0 Å². The van der Waals surface area contributed by atoms with Crippen LogP contribution in [0.15, 0.2) is 85.0 Å². The van der Waals surface area contributed by atoms with E-state index in [-0.39, 0.29) is 17.6 Å². The van der Waals surface area contributed by atoms with Crippen molar-refractivity contribution in [1.82, 2.24) is 4.67 Å². The number of fused-ring (bicyclic) bond motifs is 1. The molecular weight excluding hydrogens is 301 g/mol. The molecule has 0 N–H and O–H groups in total. The Bertz CT molecular complexity index is 797. The second kappa shape index (κ2) is 5.63. The minimum absolute atomic E-state index is 0.0464. The molecule has 116 valence electrons. The predicted molar refractivity (Wildman–Crippen MR) is 96.2 cm³/mol. The molecule has 0 spiro atoms. The molecule has 0 bridgehead atoms. The fourth-order valence-corrected chi connectivity index (χ4v) is 7.43. The molecule has 0 unspecified atom stereocenters. The lowest BCUT2D eigenvalue weighted by molar-refractivity contribution is 0.361. The first-order valence-corrected chi connectivity index (χ1v) is 9.74. The maximum Gasteiger partial charge on any atom is 0.186 e. The zero-order chi connectivity index (χ0) is 15.9. The monoisotopic (exact) mass is 321 g/mol. The Kier molecular flexibility index (Phi) is 3.60. The number of hydrogen-bond donors (Lipinski definition) is 0. The summed E-state index contributed by atoms with van der Waals surface area (Å²) in [4.78, 5) is 0. The molecule has 0 radical (unpaired) electrons. The van der Waals surface area contributed by atoms with Crippen LogP contribution in [-0.2, 0) is 4.57 Å². The third kappa shape index (κ3) is 2.17. The largest absolute Gasteiger partial charge is 0.301 e. The molecule has 2 aromatic carbocycles. The van der Waals surface area contributed by atoms with Gasteiger partial charge < -0.3 is 4.57 Å². The van der Waals surface area contributed by atoms with Gasteiger partial charge in [0.15, 0.2) is 7.29 Å². The molecule has 2 aromatic rings. The van der Waals surface area contributed by atoms with Crippen molar-refractivity contribution >= 4 is 12.6 Å². The summed E-state index contributed by atoms with van der Waals surface area (Å²) in [6.45, 7) is 0. The summed E-state index contributed by atoms with van der Waals surface area (Å²) in [5, 5.41) is 0.955. The van der Waals surface area contributed by atoms with Crippen molar-refractivity contribution in [2.24, 2.45) is 5.92 Å². The van der Waals surface area contributed by atoms with Crippen LogP contribution in [0.4, 0.5) is 0 Å². The van der Waals surface area contributed by atoms with Gasteiger partial charge in [-0.15, -0.1) is 0 Å². The zero-order valence-corrected chi connectivity index (χ0v) is 14.0. The molecule has 23 heavy (non-hydrogen) atoms. The quantitative estimate of drug-likeness (QED) is 0.765. The smallest absolute Gasteiger partial charge is 0.186 e. The highest BCUT2D eigenvalue weighted by molar-refractivity contribution is 7.70. The summed E-state index contributed by atoms with van der Waals surface area (Å²) in [5.74, 6) is 0.249. The van der Waals surface area contributed by atoms with Crippen LogP contribution in [0.5, 0.6) is 0 Å². The van der Waals surface area contributed by atoms with E-state index < -0.39 is 7.29 Å². The Balaban J connectivity index is 1.87. The van der Waals surface area contributed by atoms with Gasteiger partial charge in [-0.25, -0.2) is 4.67 Å². The fraction of sp³-hybridized carbons (Fsp3) is 0.200. The average molecular weight is 321 g/mol. The molecule has 1 saturated heterocycles. The van der Waals surface area contributed by atoms with Crippen molar-refractivity contribution in [3.63, 3.8) is 0 Å². The number of rotatable bonds is 2. The molecule has 2 nitrogen and oxygen atoms in total. The molecule has 0 amide bonds. The molecule has 4 atom stereocenters. The summed E-state index contributed by atoms with van der Waals surface area (Å²) in [5.41, 5.74) is 1.28. The van der Waals surface area contributed by atoms with Crippen molar-refractivity contribution in [2.75, 3.05) is 7.05 Å². The lowest BCUT2D eigenvalue weighted by Crippen LogP contribution is -2.22. The molecule has 2 aliphatic rings. The summed E-state index contributed by atoms with van der Waals surface area (Å²) >= 11 is 0. The molecule has 4 rings (SSSR count). The maximum absolute atomic E-state index is 14.1. The molecule has 0 aromatic heterocycles. The first kappa shape index (κ1) is 14.7. The number of hydrogen-bond acceptors (Lipinski definition) is 1. The van der Waals surface area contributed by atoms with Crippen molar-refractivity contribution < 1.29 is 4.57 Å². The Morgan fingerprint density at radius 3 is 2.17 bits per heavy atom. The van der Waals surface area contributed by atoms with E-state index in [9.17, 15) is 4.57 Å². The highest BCUT2D eigenvalue weighted by atomic mass is 31.2. The lowest BCUT2D eigenvalue weighted by atomic mass is 9.88. The summed E-state index contributed by atoms with van der Waals surface area (Å²) in [7, 11) is -0.652. The van der Waals surface area contributed by atoms with Crippen molar-refractivity contribution in [3.05, 3.63) is 90.5 Å². The SMILES string of the molecule is CN1[C@H](c2ccccc2)[C@H]2C=CC=C[C@H]2[P@]1(=O)c1ccccc1. The third-order valence-electron chi connectivity index (χ3n) is 5.05. The van der Waals surface area contributed by atoms with Crippen LogP contribution in [0.2, 0.25) is 0 Å². The molecule has 1 heterocycles. The lowest BCUT2D eigenvalue weighted by Gasteiger charge is -2.27. The minimum atomic E-state index is -2.67. The standard InChI is InChI=1S/C20H20NOP/c1-21-20(16-10-4-2-5-11-16)18-14-8-9-15-19(18)23(21,22)17-12-6-3-7-13-17/h2-15,18-20H,1H3/t18-,19+,20+,23+/m0/s1. The molecule has 0 saturated carbocycles. The van der Waals surface area contributed by atoms with Gasteiger partial charge >= 0.3 is 0 Å². The predicted octanol–water partition coefficient (Wildman–Crippen LogP) is 4.39. The number of allylic oxidation sites excluding steroid dienone is 3. The number of benzene rings is 2. The van der Waals surface area contributed by atoms with Gasteiger partial charge in [0.05, 0.1) is 5.66 Å². The number of nitrogens with zero attached hydrogens (tertiary/aromatic N) is 1. The van der Waals surface area contributed by atoms with E-state index in [2.05, 4.69) is 47.2 Å². The van der Waals surface area contributed by atoms with Crippen molar-refractivity contribution in [2.45, 2.75) is 11.7 Å². The minimum Gasteiger partial charge on any atom is -0.301 e. The second-order valence-corrected chi connectivity index (χ2v) is 9.21.